The van der Waals surface area contributed by atoms with Crippen molar-refractivity contribution in [2.45, 2.75) is 12.2 Å². The third-order valence-corrected chi connectivity index (χ3v) is 3.88. The fraction of sp³-hybridized carbons (Fsp3) is 0.250. The van der Waals surface area contributed by atoms with Crippen LogP contribution < -0.4 is 0 Å². The van der Waals surface area contributed by atoms with Gasteiger partial charge in [0.2, 0.25) is 0 Å². The Balaban J connectivity index is 2.63. The number of allylic oxidation sites excluding steroid dienone is 4. The van der Waals surface area contributed by atoms with Crippen LogP contribution in [0.15, 0.2) is 34.4 Å². The van der Waals surface area contributed by atoms with Crippen LogP contribution in [0.25, 0.3) is 4.85 Å². The fourth-order valence-corrected chi connectivity index (χ4v) is 3.23. The van der Waals surface area contributed by atoms with Crippen LogP contribution in [-0.2, 0) is 4.79 Å². The van der Waals surface area contributed by atoms with Gasteiger partial charge in [-0.2, -0.15) is 0 Å². The van der Waals surface area contributed by atoms with Crippen molar-refractivity contribution in [1.82, 2.24) is 0 Å². The number of hydrogen-bond acceptors (Lipinski definition) is 3. The number of ketones is 1. The lowest BCUT2D eigenvalue weighted by molar-refractivity contribution is -0.116. The maximum absolute atomic E-state index is 12.0. The van der Waals surface area contributed by atoms with Crippen LogP contribution in [0.5, 0.6) is 0 Å². The number of carbonyl (C=O) groups is 1. The summed E-state index contributed by atoms with van der Waals surface area (Å²) in [5.41, 5.74) is 1.20. The van der Waals surface area contributed by atoms with Crippen molar-refractivity contribution >= 4 is 17.5 Å². The van der Waals surface area contributed by atoms with Gasteiger partial charge in [-0.1, -0.05) is 12.2 Å². The summed E-state index contributed by atoms with van der Waals surface area (Å²) in [5, 5.41) is 10.7. The van der Waals surface area contributed by atoms with Crippen LogP contribution in [0.2, 0.25) is 0 Å². The summed E-state index contributed by atoms with van der Waals surface area (Å²) >= 11 is 1.51. The lowest BCUT2D eigenvalue weighted by Gasteiger charge is -2.07. The lowest BCUT2D eigenvalue weighted by atomic mass is 10.1. The molecule has 2 aliphatic rings. The van der Waals surface area contributed by atoms with Gasteiger partial charge in [0, 0.05) is 10.8 Å². The van der Waals surface area contributed by atoms with Gasteiger partial charge in [-0.3, -0.25) is 4.79 Å². The van der Waals surface area contributed by atoms with Crippen molar-refractivity contribution in [3.8, 4) is 6.07 Å². The van der Waals surface area contributed by atoms with E-state index in [1.54, 1.807) is 13.0 Å². The molecule has 0 aromatic rings. The van der Waals surface area contributed by atoms with E-state index in [0.29, 0.717) is 11.1 Å². The molecule has 2 rings (SSSR count). The van der Waals surface area contributed by atoms with Crippen LogP contribution in [0.1, 0.15) is 6.92 Å². The highest BCUT2D eigenvalue weighted by Crippen LogP contribution is 2.47. The monoisotopic (exact) mass is 228 g/mol. The van der Waals surface area contributed by atoms with E-state index in [-0.39, 0.29) is 22.6 Å². The Kier molecular flexibility index (Phi) is 2.68. The van der Waals surface area contributed by atoms with Gasteiger partial charge in [0.15, 0.2) is 5.78 Å². The van der Waals surface area contributed by atoms with Gasteiger partial charge < -0.3 is 0 Å². The van der Waals surface area contributed by atoms with E-state index in [1.165, 1.54) is 11.8 Å². The molecule has 1 aliphatic carbocycles. The summed E-state index contributed by atoms with van der Waals surface area (Å²) in [6.07, 6.45) is 3.56. The fourth-order valence-electron chi connectivity index (χ4n) is 2.04. The highest BCUT2D eigenvalue weighted by molar-refractivity contribution is 8.03. The molecular weight excluding hydrogens is 220 g/mol. The smallest absolute Gasteiger partial charge is 0.266 e. The summed E-state index contributed by atoms with van der Waals surface area (Å²) in [4.78, 5) is 15.2. The van der Waals surface area contributed by atoms with Gasteiger partial charge in [0.1, 0.15) is 0 Å². The molecule has 0 aromatic carbocycles. The summed E-state index contributed by atoms with van der Waals surface area (Å²) < 4.78 is 0. The number of nitriles is 1. The molecular formula is C12H8N2OS. The van der Waals surface area contributed by atoms with E-state index < -0.39 is 0 Å². The number of fused-ring (bicyclic) bond motifs is 1. The highest BCUT2D eigenvalue weighted by atomic mass is 32.2. The second-order valence-corrected chi connectivity index (χ2v) is 4.52. The molecule has 0 saturated heterocycles. The van der Waals surface area contributed by atoms with Crippen molar-refractivity contribution in [1.29, 1.82) is 5.26 Å². The third-order valence-electron chi connectivity index (χ3n) is 2.74. The zero-order valence-corrected chi connectivity index (χ0v) is 9.41. The predicted octanol–water partition coefficient (Wildman–Crippen LogP) is 2.46. The number of thioether (sulfide) groups is 1. The molecule has 0 spiro atoms. The minimum atomic E-state index is -0.184. The molecule has 0 bridgehead atoms. The molecule has 1 fully saturated rings. The van der Waals surface area contributed by atoms with Gasteiger partial charge >= 0.3 is 0 Å². The molecule has 0 amide bonds. The normalized spacial score (nSPS) is 32.4. The van der Waals surface area contributed by atoms with E-state index in [0.717, 1.165) is 0 Å². The summed E-state index contributed by atoms with van der Waals surface area (Å²) in [5.74, 6) is -0.156. The van der Waals surface area contributed by atoms with Crippen molar-refractivity contribution < 1.29 is 4.79 Å². The van der Waals surface area contributed by atoms with Crippen molar-refractivity contribution in [2.75, 3.05) is 0 Å². The van der Waals surface area contributed by atoms with Crippen molar-refractivity contribution in [2.24, 2.45) is 5.92 Å². The highest BCUT2D eigenvalue weighted by Gasteiger charge is 2.44. The summed E-state index contributed by atoms with van der Waals surface area (Å²) in [7, 11) is 0. The Morgan fingerprint density at radius 3 is 3.06 bits per heavy atom. The minimum absolute atomic E-state index is 0.0279. The van der Waals surface area contributed by atoms with E-state index in [2.05, 4.69) is 4.85 Å². The Bertz CT molecular complexity index is 512. The first-order chi connectivity index (χ1) is 7.74. The van der Waals surface area contributed by atoms with Gasteiger partial charge in [-0.05, 0) is 17.9 Å². The SMILES string of the molecule is [C-]#[N+]C(C#N)=C1/C(=C/C)C(=O)C2C=CSC12. The minimum Gasteiger partial charge on any atom is -0.294 e. The number of hydrogen-bond donors (Lipinski definition) is 0. The molecule has 4 heteroatoms. The first-order valence-electron chi connectivity index (χ1n) is 4.79. The molecule has 0 aromatic heterocycles. The number of carbonyl (C=O) groups excluding carboxylic acids is 1. The third kappa shape index (κ3) is 1.31. The molecule has 1 heterocycles. The first kappa shape index (κ1) is 10.7. The Morgan fingerprint density at radius 1 is 1.75 bits per heavy atom. The zero-order chi connectivity index (χ0) is 11.7. The molecule has 16 heavy (non-hydrogen) atoms. The Hall–Kier alpha value is -1.78. The molecule has 0 radical (unpaired) electrons. The quantitative estimate of drug-likeness (QED) is 0.363. The van der Waals surface area contributed by atoms with Gasteiger partial charge in [0.05, 0.1) is 18.6 Å². The molecule has 78 valence electrons. The van der Waals surface area contributed by atoms with Gasteiger partial charge in [0.25, 0.3) is 5.70 Å². The summed E-state index contributed by atoms with van der Waals surface area (Å²) in [6.45, 7) is 8.75. The van der Waals surface area contributed by atoms with Crippen molar-refractivity contribution in [3.63, 3.8) is 0 Å². The zero-order valence-electron chi connectivity index (χ0n) is 8.60. The maximum atomic E-state index is 12.0. The predicted molar refractivity (Wildman–Crippen MR) is 62.0 cm³/mol. The lowest BCUT2D eigenvalue weighted by Crippen LogP contribution is -2.10. The largest absolute Gasteiger partial charge is 0.294 e. The topological polar surface area (TPSA) is 45.2 Å². The number of Topliss-reactive ketones (excluding diaryl/α,β-unsaturated/α-hetero) is 1. The Morgan fingerprint density at radius 2 is 2.50 bits per heavy atom. The summed E-state index contributed by atoms with van der Waals surface area (Å²) in [6, 6.07) is 1.88. The molecule has 1 aliphatic heterocycles. The van der Waals surface area contributed by atoms with E-state index in [9.17, 15) is 4.79 Å². The number of rotatable bonds is 0. The standard InChI is InChI=1S/C12H8N2OS/c1-3-7-10(9(6-13)14-2)12-8(11(7)15)4-5-16-12/h3-5,8,12H,1H3/b7-3-,10-9?. The molecule has 2 atom stereocenters. The molecule has 3 nitrogen and oxygen atoms in total. The van der Waals surface area contributed by atoms with Crippen LogP contribution in [-0.4, -0.2) is 11.0 Å². The second kappa shape index (κ2) is 4.00. The van der Waals surface area contributed by atoms with E-state index >= 15 is 0 Å². The van der Waals surface area contributed by atoms with Crippen LogP contribution >= 0.6 is 11.8 Å². The number of nitrogens with zero attached hydrogens (tertiary/aromatic N) is 2. The van der Waals surface area contributed by atoms with Crippen molar-refractivity contribution in [3.05, 3.63) is 45.8 Å². The average Bonchev–Trinajstić information content (AvgIpc) is 2.85. The Labute approximate surface area is 98.0 Å². The second-order valence-electron chi connectivity index (χ2n) is 3.46. The average molecular weight is 228 g/mol. The van der Waals surface area contributed by atoms with E-state index in [1.807, 2.05) is 17.6 Å². The van der Waals surface area contributed by atoms with Gasteiger partial charge in [-0.25, -0.2) is 10.1 Å². The van der Waals surface area contributed by atoms with Crippen LogP contribution in [0.3, 0.4) is 0 Å². The van der Waals surface area contributed by atoms with Gasteiger partial charge in [-0.15, -0.1) is 11.8 Å². The molecule has 0 N–H and O–H groups in total. The van der Waals surface area contributed by atoms with E-state index in [4.69, 9.17) is 11.8 Å². The molecule has 2 unspecified atom stereocenters. The first-order valence-corrected chi connectivity index (χ1v) is 5.73. The van der Waals surface area contributed by atoms with Crippen LogP contribution in [0, 0.1) is 23.8 Å². The van der Waals surface area contributed by atoms with Crippen LogP contribution in [0.4, 0.5) is 0 Å². The maximum Gasteiger partial charge on any atom is 0.266 e. The molecule has 1 saturated carbocycles.